The molecule has 1 heterocycles. The molecule has 0 N–H and O–H groups in total. The molecule has 0 aliphatic carbocycles. The Morgan fingerprint density at radius 1 is 1.11 bits per heavy atom. The molecular formula is C14H11N2O3+. The molecule has 0 spiro atoms. The molecule has 0 saturated carbocycles. The molecule has 2 aromatic carbocycles. The van der Waals surface area contributed by atoms with Crippen LogP contribution in [-0.4, -0.2) is 11.7 Å². The first-order valence-corrected chi connectivity index (χ1v) is 5.74. The third kappa shape index (κ3) is 1.67. The van der Waals surface area contributed by atoms with Crippen molar-refractivity contribution in [1.82, 2.24) is 4.57 Å². The van der Waals surface area contributed by atoms with E-state index in [1.807, 2.05) is 41.1 Å². The summed E-state index contributed by atoms with van der Waals surface area (Å²) in [5.41, 5.74) is 0.159. The highest BCUT2D eigenvalue weighted by molar-refractivity contribution is 5.46. The molecule has 0 fully saturated rings. The Morgan fingerprint density at radius 3 is 2.53 bits per heavy atom. The summed E-state index contributed by atoms with van der Waals surface area (Å²) in [6.07, 6.45) is 5.26. The third-order valence-electron chi connectivity index (χ3n) is 3.00. The highest BCUT2D eigenvalue weighted by Gasteiger charge is 2.28. The van der Waals surface area contributed by atoms with Crippen molar-refractivity contribution in [3.8, 4) is 17.1 Å². The number of para-hydroxylation sites is 1. The molecule has 0 radical (unpaired) electrons. The molecule has 3 aromatic rings. The Balaban J connectivity index is 2.05. The maximum atomic E-state index is 11.6. The van der Waals surface area contributed by atoms with Crippen molar-refractivity contribution >= 4 is 0 Å². The second-order valence-electron chi connectivity index (χ2n) is 4.10. The zero-order valence-electron chi connectivity index (χ0n) is 10.2. The van der Waals surface area contributed by atoms with E-state index in [2.05, 4.69) is 0 Å². The van der Waals surface area contributed by atoms with Gasteiger partial charge < -0.3 is 4.74 Å². The van der Waals surface area contributed by atoms with Gasteiger partial charge in [-0.05, 0) is 12.1 Å². The van der Waals surface area contributed by atoms with Crippen molar-refractivity contribution in [2.75, 3.05) is 7.11 Å². The van der Waals surface area contributed by atoms with E-state index in [4.69, 9.17) is 4.74 Å². The summed E-state index contributed by atoms with van der Waals surface area (Å²) in [7, 11) is 1.38. The minimum Gasteiger partial charge on any atom is -0.489 e. The minimum atomic E-state index is -0.572. The first-order valence-electron chi connectivity index (χ1n) is 5.74. The first-order chi connectivity index (χ1) is 9.22. The summed E-state index contributed by atoms with van der Waals surface area (Å²) in [6.45, 7) is 0. The van der Waals surface area contributed by atoms with Crippen LogP contribution in [0.15, 0.2) is 58.6 Å². The number of hydrogen-bond acceptors (Lipinski definition) is 3. The summed E-state index contributed by atoms with van der Waals surface area (Å²) < 4.78 is 8.38. The molecule has 5 heteroatoms. The van der Waals surface area contributed by atoms with Crippen LogP contribution < -0.4 is 20.2 Å². The molecule has 19 heavy (non-hydrogen) atoms. The first kappa shape index (κ1) is 11.4. The maximum Gasteiger partial charge on any atom is 0.280 e. The Hall–Kier alpha value is -2.69. The topological polar surface area (TPSA) is 52.2 Å². The monoisotopic (exact) mass is 255 g/mol. The lowest BCUT2D eigenvalue weighted by Gasteiger charge is -2.04. The summed E-state index contributed by atoms with van der Waals surface area (Å²) in [6, 6.07) is 9.68. The maximum absolute atomic E-state index is 11.6. The lowest BCUT2D eigenvalue weighted by molar-refractivity contribution is -0.597. The van der Waals surface area contributed by atoms with Gasteiger partial charge in [-0.1, -0.05) is 18.2 Å². The number of methoxy groups -OCH3 is 1. The van der Waals surface area contributed by atoms with Crippen LogP contribution in [0.1, 0.15) is 0 Å². The summed E-state index contributed by atoms with van der Waals surface area (Å²) in [5.74, 6) is 0.112. The smallest absolute Gasteiger partial charge is 0.280 e. The standard InChI is InChI=1S/C14H11N2O3/c1-19-14-11(12(17)13(14)18)16-8-7-15(9-16)10-5-3-2-4-6-10/h2-9H,1H3/q+1. The van der Waals surface area contributed by atoms with E-state index in [0.717, 1.165) is 5.69 Å². The summed E-state index contributed by atoms with van der Waals surface area (Å²) in [5, 5.41) is 0. The number of rotatable bonds is 3. The van der Waals surface area contributed by atoms with Crippen LogP contribution in [0.5, 0.6) is 5.75 Å². The number of imidazole rings is 1. The molecule has 0 bridgehead atoms. The van der Waals surface area contributed by atoms with E-state index in [0.29, 0.717) is 0 Å². The van der Waals surface area contributed by atoms with Crippen LogP contribution in [-0.2, 0) is 0 Å². The normalized spacial score (nSPS) is 10.8. The number of benzene rings is 1. The second kappa shape index (κ2) is 4.20. The van der Waals surface area contributed by atoms with E-state index in [1.165, 1.54) is 7.11 Å². The van der Waals surface area contributed by atoms with Crippen LogP contribution in [0.25, 0.3) is 11.4 Å². The highest BCUT2D eigenvalue weighted by atomic mass is 16.5. The van der Waals surface area contributed by atoms with Gasteiger partial charge in [-0.15, -0.1) is 0 Å². The van der Waals surface area contributed by atoms with Crippen LogP contribution in [0.3, 0.4) is 0 Å². The largest absolute Gasteiger partial charge is 0.489 e. The third-order valence-corrected chi connectivity index (χ3v) is 3.00. The van der Waals surface area contributed by atoms with Gasteiger partial charge in [-0.25, -0.2) is 4.57 Å². The molecule has 0 amide bonds. The quantitative estimate of drug-likeness (QED) is 0.501. The van der Waals surface area contributed by atoms with Gasteiger partial charge in [0, 0.05) is 0 Å². The van der Waals surface area contributed by atoms with E-state index >= 15 is 0 Å². The van der Waals surface area contributed by atoms with Crippen LogP contribution >= 0.6 is 0 Å². The van der Waals surface area contributed by atoms with Crippen LogP contribution in [0, 0.1) is 0 Å². The molecule has 1 aromatic heterocycles. The number of aromatic nitrogens is 2. The predicted octanol–water partition coefficient (Wildman–Crippen LogP) is 0.359. The van der Waals surface area contributed by atoms with Crippen molar-refractivity contribution in [1.29, 1.82) is 0 Å². The zero-order chi connectivity index (χ0) is 13.4. The Kier molecular flexibility index (Phi) is 2.52. The fourth-order valence-electron chi connectivity index (χ4n) is 2.02. The van der Waals surface area contributed by atoms with E-state index in [-0.39, 0.29) is 11.4 Å². The summed E-state index contributed by atoms with van der Waals surface area (Å²) in [4.78, 5) is 22.9. The fraction of sp³-hybridized carbons (Fsp3) is 0.0714. The van der Waals surface area contributed by atoms with E-state index in [1.54, 1.807) is 17.1 Å². The van der Waals surface area contributed by atoms with Crippen molar-refractivity contribution < 1.29 is 9.30 Å². The average molecular weight is 255 g/mol. The number of hydrogen-bond donors (Lipinski definition) is 0. The van der Waals surface area contributed by atoms with Crippen molar-refractivity contribution in [3.05, 3.63) is 69.5 Å². The molecule has 5 nitrogen and oxygen atoms in total. The van der Waals surface area contributed by atoms with Gasteiger partial charge in [-0.2, -0.15) is 4.57 Å². The summed E-state index contributed by atoms with van der Waals surface area (Å²) >= 11 is 0. The number of ether oxygens (including phenoxy) is 1. The molecule has 0 aliphatic heterocycles. The second-order valence-corrected chi connectivity index (χ2v) is 4.10. The van der Waals surface area contributed by atoms with E-state index in [9.17, 15) is 9.59 Å². The average Bonchev–Trinajstić information content (AvgIpc) is 2.93. The van der Waals surface area contributed by atoms with Gasteiger partial charge in [0.25, 0.3) is 17.2 Å². The molecular weight excluding hydrogens is 244 g/mol. The van der Waals surface area contributed by atoms with Gasteiger partial charge in [0.1, 0.15) is 18.1 Å². The zero-order valence-corrected chi connectivity index (χ0v) is 10.2. The Morgan fingerprint density at radius 2 is 1.84 bits per heavy atom. The van der Waals surface area contributed by atoms with Crippen LogP contribution in [0.4, 0.5) is 0 Å². The van der Waals surface area contributed by atoms with Gasteiger partial charge in [0.05, 0.1) is 7.11 Å². The predicted molar refractivity (Wildman–Crippen MR) is 68.8 cm³/mol. The lowest BCUT2D eigenvalue weighted by Crippen LogP contribution is -2.47. The van der Waals surface area contributed by atoms with Gasteiger partial charge >= 0.3 is 0 Å². The van der Waals surface area contributed by atoms with Crippen molar-refractivity contribution in [2.45, 2.75) is 0 Å². The van der Waals surface area contributed by atoms with Gasteiger partial charge in [0.2, 0.25) is 11.4 Å². The molecule has 0 atom stereocenters. The van der Waals surface area contributed by atoms with Gasteiger partial charge in [0.15, 0.2) is 0 Å². The van der Waals surface area contributed by atoms with E-state index < -0.39 is 10.9 Å². The highest BCUT2D eigenvalue weighted by Crippen LogP contribution is 2.11. The Bertz CT molecular complexity index is 796. The fourth-order valence-corrected chi connectivity index (χ4v) is 2.02. The Labute approximate surface area is 108 Å². The molecule has 0 aliphatic rings. The molecule has 94 valence electrons. The minimum absolute atomic E-state index is 0.112. The molecule has 3 rings (SSSR count). The van der Waals surface area contributed by atoms with Crippen LogP contribution in [0.2, 0.25) is 0 Å². The van der Waals surface area contributed by atoms with Crippen molar-refractivity contribution in [3.63, 3.8) is 0 Å². The molecule has 0 saturated heterocycles. The SMILES string of the molecule is COc1c(-[n+]2ccn(-c3ccccc3)c2)c(=O)c1=O. The van der Waals surface area contributed by atoms with Gasteiger partial charge in [-0.3, -0.25) is 9.59 Å². The lowest BCUT2D eigenvalue weighted by atomic mass is 10.2. The molecule has 0 unspecified atom stereocenters. The van der Waals surface area contributed by atoms with Crippen molar-refractivity contribution in [2.24, 2.45) is 0 Å². The number of nitrogens with zero attached hydrogens (tertiary/aromatic N) is 2.